The van der Waals surface area contributed by atoms with E-state index in [1.165, 1.54) is 17.7 Å². The smallest absolute Gasteiger partial charge is 0.123 e. The van der Waals surface area contributed by atoms with Crippen molar-refractivity contribution < 1.29 is 14.2 Å². The highest BCUT2D eigenvalue weighted by molar-refractivity contribution is 5.30. The molecule has 0 saturated carbocycles. The maximum absolute atomic E-state index is 13.3. The summed E-state index contributed by atoms with van der Waals surface area (Å²) in [4.78, 5) is 0. The van der Waals surface area contributed by atoms with Crippen LogP contribution in [0.4, 0.5) is 4.39 Å². The third-order valence-electron chi connectivity index (χ3n) is 4.27. The van der Waals surface area contributed by atoms with E-state index in [1.54, 1.807) is 19.2 Å². The van der Waals surface area contributed by atoms with Gasteiger partial charge in [0, 0.05) is 12.1 Å². The topological polar surface area (TPSA) is 41.5 Å². The van der Waals surface area contributed by atoms with Crippen LogP contribution in [0.15, 0.2) is 48.5 Å². The van der Waals surface area contributed by atoms with E-state index in [4.69, 9.17) is 4.74 Å². The van der Waals surface area contributed by atoms with Gasteiger partial charge in [-0.3, -0.25) is 0 Å². The molecular weight excluding hydrogens is 281 g/mol. The van der Waals surface area contributed by atoms with Gasteiger partial charge in [-0.05, 0) is 48.2 Å². The molecule has 1 saturated heterocycles. The van der Waals surface area contributed by atoms with Gasteiger partial charge in [0.15, 0.2) is 0 Å². The fourth-order valence-electron chi connectivity index (χ4n) is 3.04. The van der Waals surface area contributed by atoms with Crippen LogP contribution >= 0.6 is 0 Å². The van der Waals surface area contributed by atoms with Crippen LogP contribution in [0.25, 0.3) is 0 Å². The highest BCUT2D eigenvalue weighted by atomic mass is 19.1. The number of methoxy groups -OCH3 is 1. The van der Waals surface area contributed by atoms with Crippen molar-refractivity contribution in [3.8, 4) is 5.75 Å². The summed E-state index contributed by atoms with van der Waals surface area (Å²) in [5, 5.41) is 13.9. The molecule has 1 heterocycles. The van der Waals surface area contributed by atoms with Crippen LogP contribution < -0.4 is 10.1 Å². The number of hydrogen-bond acceptors (Lipinski definition) is 3. The van der Waals surface area contributed by atoms with Crippen molar-refractivity contribution >= 4 is 0 Å². The lowest BCUT2D eigenvalue weighted by Crippen LogP contribution is -2.30. The van der Waals surface area contributed by atoms with Crippen LogP contribution in [-0.2, 0) is 0 Å². The highest BCUT2D eigenvalue weighted by Crippen LogP contribution is 2.33. The van der Waals surface area contributed by atoms with Crippen molar-refractivity contribution in [3.63, 3.8) is 0 Å². The van der Waals surface area contributed by atoms with Gasteiger partial charge in [0.1, 0.15) is 11.6 Å². The summed E-state index contributed by atoms with van der Waals surface area (Å²) >= 11 is 0. The minimum atomic E-state index is -0.695. The van der Waals surface area contributed by atoms with Gasteiger partial charge in [-0.25, -0.2) is 4.39 Å². The minimum absolute atomic E-state index is 0.0612. The van der Waals surface area contributed by atoms with Gasteiger partial charge in [-0.1, -0.05) is 24.3 Å². The van der Waals surface area contributed by atoms with Gasteiger partial charge in [0.05, 0.1) is 13.2 Å². The van der Waals surface area contributed by atoms with E-state index in [2.05, 4.69) is 5.32 Å². The number of nitrogens with one attached hydrogen (secondary N) is 1. The van der Waals surface area contributed by atoms with E-state index in [9.17, 15) is 9.50 Å². The minimum Gasteiger partial charge on any atom is -0.497 e. The molecular formula is C18H20FNO2. The lowest BCUT2D eigenvalue weighted by Gasteiger charge is -2.20. The van der Waals surface area contributed by atoms with Crippen molar-refractivity contribution in [2.24, 2.45) is 0 Å². The molecule has 116 valence electrons. The molecule has 22 heavy (non-hydrogen) atoms. The summed E-state index contributed by atoms with van der Waals surface area (Å²) < 4.78 is 18.4. The van der Waals surface area contributed by atoms with Crippen molar-refractivity contribution in [2.45, 2.75) is 31.0 Å². The van der Waals surface area contributed by atoms with Gasteiger partial charge in [-0.2, -0.15) is 0 Å². The lowest BCUT2D eigenvalue weighted by atomic mass is 10.0. The average molecular weight is 301 g/mol. The summed E-state index contributed by atoms with van der Waals surface area (Å²) in [6, 6.07) is 14.3. The molecule has 0 amide bonds. The summed E-state index contributed by atoms with van der Waals surface area (Å²) in [7, 11) is 1.65. The Balaban J connectivity index is 1.68. The Hall–Kier alpha value is -1.91. The van der Waals surface area contributed by atoms with Crippen molar-refractivity contribution in [2.75, 3.05) is 7.11 Å². The third kappa shape index (κ3) is 3.13. The Morgan fingerprint density at radius 1 is 1.18 bits per heavy atom. The van der Waals surface area contributed by atoms with Crippen LogP contribution in [0, 0.1) is 5.82 Å². The SMILES string of the molecule is COc1ccc([C@@H]2CC[C@H]([C@@H](O)c3cccc(F)c3)N2)cc1. The Kier molecular flexibility index (Phi) is 4.41. The second-order valence-corrected chi connectivity index (χ2v) is 5.68. The molecule has 1 aliphatic rings. The van der Waals surface area contributed by atoms with Crippen LogP contribution in [-0.4, -0.2) is 18.3 Å². The van der Waals surface area contributed by atoms with E-state index in [1.807, 2.05) is 24.3 Å². The van der Waals surface area contributed by atoms with Crippen molar-refractivity contribution in [1.29, 1.82) is 0 Å². The standard InChI is InChI=1S/C18H20FNO2/c1-22-15-7-5-12(6-8-15)16-9-10-17(20-16)18(21)13-3-2-4-14(19)11-13/h2-8,11,16-18,20-21H,9-10H2,1H3/t16-,17+,18-/m0/s1. The number of benzene rings is 2. The summed E-state index contributed by atoms with van der Waals surface area (Å²) in [6.45, 7) is 0. The van der Waals surface area contributed by atoms with Gasteiger partial charge in [-0.15, -0.1) is 0 Å². The maximum atomic E-state index is 13.3. The average Bonchev–Trinajstić information content (AvgIpc) is 3.04. The molecule has 0 radical (unpaired) electrons. The van der Waals surface area contributed by atoms with Gasteiger partial charge in [0.25, 0.3) is 0 Å². The maximum Gasteiger partial charge on any atom is 0.123 e. The number of hydrogen-bond donors (Lipinski definition) is 2. The molecule has 0 aliphatic carbocycles. The molecule has 2 aromatic rings. The van der Waals surface area contributed by atoms with Gasteiger partial charge >= 0.3 is 0 Å². The molecule has 4 heteroatoms. The zero-order valence-electron chi connectivity index (χ0n) is 12.5. The Morgan fingerprint density at radius 3 is 2.64 bits per heavy atom. The molecule has 0 aromatic heterocycles. The third-order valence-corrected chi connectivity index (χ3v) is 4.27. The molecule has 3 nitrogen and oxygen atoms in total. The zero-order chi connectivity index (χ0) is 15.5. The van der Waals surface area contributed by atoms with E-state index in [-0.39, 0.29) is 17.9 Å². The largest absolute Gasteiger partial charge is 0.497 e. The first kappa shape index (κ1) is 15.0. The summed E-state index contributed by atoms with van der Waals surface area (Å²) in [5.41, 5.74) is 1.79. The second kappa shape index (κ2) is 6.46. The van der Waals surface area contributed by atoms with Crippen LogP contribution in [0.3, 0.4) is 0 Å². The summed E-state index contributed by atoms with van der Waals surface area (Å²) in [5.74, 6) is 0.513. The number of rotatable bonds is 4. The van der Waals surface area contributed by atoms with Crippen LogP contribution in [0.2, 0.25) is 0 Å². The molecule has 1 aliphatic heterocycles. The van der Waals surface area contributed by atoms with E-state index >= 15 is 0 Å². The number of halogens is 1. The normalized spacial score (nSPS) is 22.5. The first-order valence-electron chi connectivity index (χ1n) is 7.51. The quantitative estimate of drug-likeness (QED) is 0.910. The first-order chi connectivity index (χ1) is 10.7. The van der Waals surface area contributed by atoms with Gasteiger partial charge in [0.2, 0.25) is 0 Å². The molecule has 3 rings (SSSR count). The van der Waals surface area contributed by atoms with Crippen molar-refractivity contribution in [3.05, 3.63) is 65.5 Å². The predicted octanol–water partition coefficient (Wildman–Crippen LogP) is 3.36. The fraction of sp³-hybridized carbons (Fsp3) is 0.333. The van der Waals surface area contributed by atoms with Crippen LogP contribution in [0.1, 0.15) is 36.1 Å². The number of ether oxygens (including phenoxy) is 1. The molecule has 0 unspecified atom stereocenters. The van der Waals surface area contributed by atoms with Crippen LogP contribution in [0.5, 0.6) is 5.75 Å². The monoisotopic (exact) mass is 301 g/mol. The van der Waals surface area contributed by atoms with Crippen molar-refractivity contribution in [1.82, 2.24) is 5.32 Å². The molecule has 1 fully saturated rings. The summed E-state index contributed by atoms with van der Waals surface area (Å²) in [6.07, 6.45) is 1.11. The highest BCUT2D eigenvalue weighted by Gasteiger charge is 2.30. The lowest BCUT2D eigenvalue weighted by molar-refractivity contribution is 0.135. The number of aliphatic hydroxyl groups is 1. The molecule has 0 bridgehead atoms. The fourth-order valence-corrected chi connectivity index (χ4v) is 3.04. The Labute approximate surface area is 129 Å². The molecule has 2 N–H and O–H groups in total. The Bertz CT molecular complexity index is 629. The zero-order valence-corrected chi connectivity index (χ0v) is 12.5. The van der Waals surface area contributed by atoms with E-state index in [0.29, 0.717) is 5.56 Å². The van der Waals surface area contributed by atoms with E-state index in [0.717, 1.165) is 18.6 Å². The Morgan fingerprint density at radius 2 is 1.95 bits per heavy atom. The number of aliphatic hydroxyl groups excluding tert-OH is 1. The van der Waals surface area contributed by atoms with Gasteiger partial charge < -0.3 is 15.2 Å². The molecule has 0 spiro atoms. The first-order valence-corrected chi connectivity index (χ1v) is 7.51. The molecule has 3 atom stereocenters. The van der Waals surface area contributed by atoms with E-state index < -0.39 is 6.10 Å². The predicted molar refractivity (Wildman–Crippen MR) is 83.3 cm³/mol. The molecule has 2 aromatic carbocycles. The second-order valence-electron chi connectivity index (χ2n) is 5.68.